The zero-order valence-corrected chi connectivity index (χ0v) is 32.8. The van der Waals surface area contributed by atoms with Crippen molar-refractivity contribution in [2.24, 2.45) is 0 Å². The first-order valence-corrected chi connectivity index (χ1v) is 20.4. The van der Waals surface area contributed by atoms with Crippen molar-refractivity contribution in [3.8, 4) is 31.0 Å². The Hall–Kier alpha value is -4.95. The van der Waals surface area contributed by atoms with Gasteiger partial charge in [0, 0.05) is 43.2 Å². The Morgan fingerprint density at radius 2 is 1.02 bits per heavy atom. The number of allylic oxidation sites excluding steroid dienone is 2. The van der Waals surface area contributed by atoms with E-state index in [1.807, 2.05) is 65.0 Å². The van der Waals surface area contributed by atoms with Gasteiger partial charge in [-0.05, 0) is 88.2 Å². The second-order valence-corrected chi connectivity index (χ2v) is 19.1. The molecule has 0 N–H and O–H groups in total. The molecule has 2 aliphatic carbocycles. The summed E-state index contributed by atoms with van der Waals surface area (Å²) in [5, 5.41) is 0. The standard InChI is InChI=1S/C42H25F3O6S4/c1-16-6-8-20-22(10-16)28(46)30(48)24(20)12-18-14-26-34(52-18)36-32(50-40(26,2)3)38-39(54-36)33-37(55-38)35-27(41(4,5)51-33)15-19(53-35)13-25-21-9-7-17(42(43,44)45)11-23(21)29(47)31(25)49/h6-15H,1-5H3/b24-12-,25-13-. The van der Waals surface area contributed by atoms with Crippen LogP contribution in [0.1, 0.15) is 91.5 Å². The van der Waals surface area contributed by atoms with Gasteiger partial charge in [0.2, 0.25) is 23.1 Å². The van der Waals surface area contributed by atoms with E-state index >= 15 is 0 Å². The van der Waals surface area contributed by atoms with Crippen LogP contribution in [0.2, 0.25) is 0 Å². The van der Waals surface area contributed by atoms with Gasteiger partial charge in [-0.1, -0.05) is 23.8 Å². The Kier molecular flexibility index (Phi) is 6.96. The first-order valence-electron chi connectivity index (χ1n) is 17.1. The van der Waals surface area contributed by atoms with Crippen molar-refractivity contribution >= 4 is 101 Å². The van der Waals surface area contributed by atoms with Crippen molar-refractivity contribution in [3.63, 3.8) is 0 Å². The lowest BCUT2D eigenvalue weighted by molar-refractivity contribution is -0.137. The van der Waals surface area contributed by atoms with E-state index in [2.05, 4.69) is 0 Å². The molecule has 0 amide bonds. The molecule has 0 radical (unpaired) electrons. The molecule has 0 spiro atoms. The largest absolute Gasteiger partial charge is 0.480 e. The van der Waals surface area contributed by atoms with Crippen molar-refractivity contribution in [1.82, 2.24) is 0 Å². The number of hydrogen-bond acceptors (Lipinski definition) is 10. The summed E-state index contributed by atoms with van der Waals surface area (Å²) in [6, 6.07) is 12.3. The molecular formula is C42H25F3O6S4. The zero-order chi connectivity index (χ0) is 38.7. The maximum Gasteiger partial charge on any atom is 0.416 e. The van der Waals surface area contributed by atoms with Gasteiger partial charge in [-0.2, -0.15) is 13.2 Å². The molecule has 2 aliphatic heterocycles. The fourth-order valence-electron chi connectivity index (χ4n) is 7.72. The highest BCUT2D eigenvalue weighted by Crippen LogP contribution is 2.64. The van der Waals surface area contributed by atoms with Gasteiger partial charge in [-0.15, -0.1) is 45.3 Å². The number of thiophene rings is 4. The predicted molar refractivity (Wildman–Crippen MR) is 211 cm³/mol. The summed E-state index contributed by atoms with van der Waals surface area (Å²) in [4.78, 5) is 57.1. The van der Waals surface area contributed by atoms with Crippen LogP contribution < -0.4 is 9.47 Å². The summed E-state index contributed by atoms with van der Waals surface area (Å²) in [5.41, 5.74) is 1.78. The fraction of sp³-hybridized carbons (Fsp3) is 0.190. The van der Waals surface area contributed by atoms with Crippen molar-refractivity contribution in [2.75, 3.05) is 0 Å². The normalized spacial score (nSPS) is 19.0. The van der Waals surface area contributed by atoms with E-state index in [1.54, 1.807) is 46.2 Å². The lowest BCUT2D eigenvalue weighted by atomic mass is 9.94. The Morgan fingerprint density at radius 1 is 0.564 bits per heavy atom. The molecule has 274 valence electrons. The van der Waals surface area contributed by atoms with E-state index in [0.717, 1.165) is 74.1 Å². The number of alkyl halides is 3. The topological polar surface area (TPSA) is 86.7 Å². The van der Waals surface area contributed by atoms with Gasteiger partial charge in [0.1, 0.15) is 11.2 Å². The molecule has 0 atom stereocenters. The van der Waals surface area contributed by atoms with Gasteiger partial charge in [-0.25, -0.2) is 0 Å². The molecule has 10 rings (SSSR count). The molecule has 0 bridgehead atoms. The number of ether oxygens (including phenoxy) is 2. The predicted octanol–water partition coefficient (Wildman–Crippen LogP) is 11.6. The van der Waals surface area contributed by atoms with Gasteiger partial charge in [0.25, 0.3) is 0 Å². The van der Waals surface area contributed by atoms with Gasteiger partial charge in [0.15, 0.2) is 11.5 Å². The second-order valence-electron chi connectivity index (χ2n) is 14.9. The molecule has 6 aromatic rings. The smallest absolute Gasteiger partial charge is 0.416 e. The van der Waals surface area contributed by atoms with Crippen molar-refractivity contribution < 1.29 is 41.8 Å². The lowest BCUT2D eigenvalue weighted by Gasteiger charge is -2.31. The van der Waals surface area contributed by atoms with Crippen LogP contribution in [0.4, 0.5) is 13.2 Å². The highest BCUT2D eigenvalue weighted by molar-refractivity contribution is 7.35. The number of carbonyl (C=O) groups is 4. The minimum atomic E-state index is -4.64. The zero-order valence-electron chi connectivity index (χ0n) is 29.5. The summed E-state index contributed by atoms with van der Waals surface area (Å²) >= 11 is 6.11. The molecule has 0 saturated heterocycles. The monoisotopic (exact) mass is 810 g/mol. The molecule has 2 aromatic carbocycles. The van der Waals surface area contributed by atoms with Crippen LogP contribution in [0, 0.1) is 6.92 Å². The Morgan fingerprint density at radius 3 is 1.49 bits per heavy atom. The van der Waals surface area contributed by atoms with Gasteiger partial charge in [0.05, 0.1) is 34.5 Å². The average molecular weight is 811 g/mol. The maximum atomic E-state index is 13.4. The van der Waals surface area contributed by atoms with E-state index in [1.165, 1.54) is 17.4 Å². The number of halogens is 3. The third-order valence-electron chi connectivity index (χ3n) is 10.4. The summed E-state index contributed by atoms with van der Waals surface area (Å²) < 4.78 is 55.6. The molecule has 13 heteroatoms. The number of carbonyl (C=O) groups excluding carboxylic acids is 4. The van der Waals surface area contributed by atoms with Crippen molar-refractivity contribution in [1.29, 1.82) is 0 Å². The Bertz CT molecular complexity index is 2900. The molecule has 4 aliphatic rings. The number of aryl methyl sites for hydroxylation is 1. The molecule has 55 heavy (non-hydrogen) atoms. The van der Waals surface area contributed by atoms with Crippen LogP contribution >= 0.6 is 45.3 Å². The van der Waals surface area contributed by atoms with Crippen LogP contribution in [0.15, 0.2) is 48.5 Å². The second kappa shape index (κ2) is 11.1. The SMILES string of the molecule is Cc1ccc2c(c1)C(=O)C(=O)/C2=C\c1cc2c(s1)-c1sc3c4c(sc3c1OC2(C)C)-c1sc(/C=C2\C(=O)C(=O)c3cc(C(F)(F)F)ccc32)cc1C(C)(C)O4. The number of rotatable bonds is 2. The third-order valence-corrected chi connectivity index (χ3v) is 15.4. The van der Waals surface area contributed by atoms with Gasteiger partial charge < -0.3 is 9.47 Å². The highest BCUT2D eigenvalue weighted by atomic mass is 32.1. The number of Topliss-reactive ketones (excluding diaryl/α,β-unsaturated/α-hetero) is 4. The number of ketones is 4. The van der Waals surface area contributed by atoms with E-state index in [9.17, 15) is 32.3 Å². The fourth-order valence-corrected chi connectivity index (χ4v) is 13.1. The van der Waals surface area contributed by atoms with E-state index in [0.29, 0.717) is 21.6 Å². The van der Waals surface area contributed by atoms with Gasteiger partial charge in [-0.3, -0.25) is 19.2 Å². The van der Waals surface area contributed by atoms with Crippen molar-refractivity contribution in [2.45, 2.75) is 52.0 Å². The first kappa shape index (κ1) is 34.5. The van der Waals surface area contributed by atoms with Crippen molar-refractivity contribution in [3.05, 3.63) is 103 Å². The van der Waals surface area contributed by atoms with Gasteiger partial charge >= 0.3 is 6.18 Å². The molecule has 4 aromatic heterocycles. The average Bonchev–Trinajstić information content (AvgIpc) is 3.95. The summed E-state index contributed by atoms with van der Waals surface area (Å²) in [6.45, 7) is 9.82. The van der Waals surface area contributed by atoms with Crippen LogP contribution in [-0.4, -0.2) is 23.1 Å². The minimum Gasteiger partial charge on any atom is -0.480 e. The highest BCUT2D eigenvalue weighted by Gasteiger charge is 2.43. The Balaban J connectivity index is 1.06. The Labute approximate surface area is 327 Å². The van der Waals surface area contributed by atoms with Crippen LogP contribution in [0.25, 0.3) is 52.2 Å². The molecule has 6 nitrogen and oxygen atoms in total. The van der Waals surface area contributed by atoms with Crippen LogP contribution in [-0.2, 0) is 27.0 Å². The van der Waals surface area contributed by atoms with Crippen LogP contribution in [0.3, 0.4) is 0 Å². The van der Waals surface area contributed by atoms with E-state index in [4.69, 9.17) is 9.47 Å². The van der Waals surface area contributed by atoms with E-state index < -0.39 is 46.1 Å². The maximum absolute atomic E-state index is 13.4. The molecule has 6 heterocycles. The van der Waals surface area contributed by atoms with Crippen LogP contribution in [0.5, 0.6) is 11.5 Å². The number of benzene rings is 2. The molecule has 0 fully saturated rings. The third kappa shape index (κ3) is 4.89. The summed E-state index contributed by atoms with van der Waals surface area (Å²) in [5.74, 6) is -1.32. The molecule has 0 unspecified atom stereocenters. The lowest BCUT2D eigenvalue weighted by Crippen LogP contribution is -2.27. The number of hydrogen-bond donors (Lipinski definition) is 0. The number of fused-ring (bicyclic) bond motifs is 11. The molecular weight excluding hydrogens is 786 g/mol. The van der Waals surface area contributed by atoms with E-state index in [-0.39, 0.29) is 16.7 Å². The quantitative estimate of drug-likeness (QED) is 0.128. The first-order chi connectivity index (χ1) is 25.9. The minimum absolute atomic E-state index is 0.0631. The summed E-state index contributed by atoms with van der Waals surface area (Å²) in [6.07, 6.45) is -1.25. The summed E-state index contributed by atoms with van der Waals surface area (Å²) in [7, 11) is 0. The molecule has 0 saturated carbocycles.